The van der Waals surface area contributed by atoms with Crippen molar-refractivity contribution in [2.24, 2.45) is 34.0 Å². The van der Waals surface area contributed by atoms with Crippen LogP contribution in [0.2, 0.25) is 0 Å². The van der Waals surface area contributed by atoms with Gasteiger partial charge in [0.2, 0.25) is 0 Å². The summed E-state index contributed by atoms with van der Waals surface area (Å²) in [5.41, 5.74) is -1.09. The van der Waals surface area contributed by atoms with Gasteiger partial charge >= 0.3 is 0 Å². The van der Waals surface area contributed by atoms with Gasteiger partial charge in [-0.3, -0.25) is 4.79 Å². The van der Waals surface area contributed by atoms with Gasteiger partial charge in [0.25, 0.3) is 0 Å². The van der Waals surface area contributed by atoms with Crippen LogP contribution in [0.25, 0.3) is 0 Å². The van der Waals surface area contributed by atoms with Gasteiger partial charge < -0.3 is 14.9 Å². The van der Waals surface area contributed by atoms with Crippen LogP contribution >= 0.6 is 0 Å². The lowest BCUT2D eigenvalue weighted by Gasteiger charge is -2.46. The Bertz CT molecular complexity index is 685. The number of ether oxygens (including phenoxy) is 1. The summed E-state index contributed by atoms with van der Waals surface area (Å²) in [5, 5.41) is 21.6. The predicted octanol–water partition coefficient (Wildman–Crippen LogP) is 2.08. The molecular weight excluding hydrogens is 304 g/mol. The van der Waals surface area contributed by atoms with E-state index in [4.69, 9.17) is 4.74 Å². The molecular formula is C20H28O4. The predicted molar refractivity (Wildman–Crippen MR) is 88.1 cm³/mol. The van der Waals surface area contributed by atoms with E-state index in [9.17, 15) is 15.0 Å². The van der Waals surface area contributed by atoms with Crippen LogP contribution in [0.5, 0.6) is 0 Å². The zero-order valence-electron chi connectivity index (χ0n) is 15.0. The molecule has 1 saturated heterocycles. The molecule has 4 heteroatoms. The fourth-order valence-electron chi connectivity index (χ4n) is 8.29. The lowest BCUT2D eigenvalue weighted by molar-refractivity contribution is -0.138. The van der Waals surface area contributed by atoms with Gasteiger partial charge in [0, 0.05) is 16.7 Å². The molecule has 2 N–H and O–H groups in total. The minimum absolute atomic E-state index is 0.00952. The van der Waals surface area contributed by atoms with E-state index in [2.05, 4.69) is 34.3 Å². The van der Waals surface area contributed by atoms with E-state index in [1.807, 2.05) is 0 Å². The Morgan fingerprint density at radius 2 is 1.96 bits per heavy atom. The Balaban J connectivity index is 1.74. The van der Waals surface area contributed by atoms with Gasteiger partial charge in [-0.05, 0) is 42.1 Å². The molecule has 5 rings (SSSR count). The molecule has 0 radical (unpaired) electrons. The molecule has 5 fully saturated rings. The summed E-state index contributed by atoms with van der Waals surface area (Å²) >= 11 is 0. The molecule has 2 spiro atoms. The van der Waals surface area contributed by atoms with Crippen LogP contribution in [-0.4, -0.2) is 39.9 Å². The molecule has 9 atom stereocenters. The van der Waals surface area contributed by atoms with Gasteiger partial charge in [0.05, 0.1) is 0 Å². The Morgan fingerprint density at radius 3 is 2.58 bits per heavy atom. The van der Waals surface area contributed by atoms with Crippen molar-refractivity contribution in [2.75, 3.05) is 0 Å². The molecule has 0 aromatic heterocycles. The van der Waals surface area contributed by atoms with Gasteiger partial charge in [-0.2, -0.15) is 0 Å². The van der Waals surface area contributed by atoms with Crippen LogP contribution in [0.1, 0.15) is 47.0 Å². The number of carbonyl (C=O) groups excluding carboxylic acids is 1. The van der Waals surface area contributed by atoms with Gasteiger partial charge in [0.1, 0.15) is 23.9 Å². The monoisotopic (exact) mass is 332 g/mol. The summed E-state index contributed by atoms with van der Waals surface area (Å²) < 4.78 is 6.10. The number of epoxide rings is 1. The number of ketones is 1. The normalized spacial score (nSPS) is 63.5. The molecule has 1 aliphatic heterocycles. The smallest absolute Gasteiger partial charge is 0.168 e. The molecule has 0 aromatic carbocycles. The molecule has 0 bridgehead atoms. The molecule has 24 heavy (non-hydrogen) atoms. The number of aliphatic hydroxyl groups excluding tert-OH is 2. The van der Waals surface area contributed by atoms with Gasteiger partial charge in [0.15, 0.2) is 5.78 Å². The molecule has 4 aliphatic carbocycles. The van der Waals surface area contributed by atoms with Crippen LogP contribution in [-0.2, 0) is 9.53 Å². The number of hydrogen-bond acceptors (Lipinski definition) is 4. The molecule has 4 nitrogen and oxygen atoms in total. The van der Waals surface area contributed by atoms with Crippen LogP contribution in [0, 0.1) is 34.0 Å². The second-order valence-corrected chi connectivity index (χ2v) is 9.75. The number of aliphatic hydroxyl groups is 2. The van der Waals surface area contributed by atoms with Crippen molar-refractivity contribution in [1.82, 2.24) is 0 Å². The lowest BCUT2D eigenvalue weighted by Crippen LogP contribution is -2.50. The second-order valence-electron chi connectivity index (χ2n) is 9.75. The number of Topliss-reactive ketones (excluding diaryl/α,β-unsaturated/α-hetero) is 1. The van der Waals surface area contributed by atoms with E-state index in [1.165, 1.54) is 0 Å². The fraction of sp³-hybridized carbons (Fsp3) is 0.850. The third-order valence-electron chi connectivity index (χ3n) is 9.41. The third-order valence-corrected chi connectivity index (χ3v) is 9.41. The Kier molecular flexibility index (Phi) is 2.49. The number of carbonyl (C=O) groups is 1. The van der Waals surface area contributed by atoms with E-state index < -0.39 is 28.6 Å². The van der Waals surface area contributed by atoms with E-state index in [0.29, 0.717) is 11.8 Å². The van der Waals surface area contributed by atoms with Crippen molar-refractivity contribution in [1.29, 1.82) is 0 Å². The average molecular weight is 332 g/mol. The molecule has 132 valence electrons. The van der Waals surface area contributed by atoms with Crippen molar-refractivity contribution in [3.05, 3.63) is 12.2 Å². The van der Waals surface area contributed by atoms with Gasteiger partial charge in [-0.1, -0.05) is 34.3 Å². The maximum Gasteiger partial charge on any atom is 0.168 e. The summed E-state index contributed by atoms with van der Waals surface area (Å²) in [4.78, 5) is 13.4. The maximum atomic E-state index is 13.4. The Morgan fingerprint density at radius 1 is 1.29 bits per heavy atom. The minimum Gasteiger partial charge on any atom is -0.386 e. The maximum absolute atomic E-state index is 13.4. The summed E-state index contributed by atoms with van der Waals surface area (Å²) in [6.45, 7) is 12.7. The van der Waals surface area contributed by atoms with Gasteiger partial charge in [-0.15, -0.1) is 0 Å². The molecule has 4 saturated carbocycles. The van der Waals surface area contributed by atoms with Crippen molar-refractivity contribution in [2.45, 2.75) is 70.9 Å². The van der Waals surface area contributed by atoms with Crippen LogP contribution in [0.4, 0.5) is 0 Å². The second kappa shape index (κ2) is 3.84. The standard InChI is InChI=1S/C20H28O4/c1-9(2)11-6-7-19-8-12-10(3)13(21)16-20(12,24-16)18(19,5)15(23)14(22)17(11,19)4/h9,11-13,15-16,21,23H,3,6-8H2,1-2,4-5H3/t11-,12-,13+,15+,16-,17+,18+,19-,20+/m1/s1. The van der Waals surface area contributed by atoms with E-state index >= 15 is 0 Å². The summed E-state index contributed by atoms with van der Waals surface area (Å²) in [6, 6.07) is 0. The highest BCUT2D eigenvalue weighted by atomic mass is 16.6. The molecule has 1 heterocycles. The first-order valence-electron chi connectivity index (χ1n) is 9.38. The topological polar surface area (TPSA) is 70.1 Å². The van der Waals surface area contributed by atoms with Crippen molar-refractivity contribution in [3.8, 4) is 0 Å². The zero-order chi connectivity index (χ0) is 17.4. The third kappa shape index (κ3) is 1.08. The summed E-state index contributed by atoms with van der Waals surface area (Å²) in [5.74, 6) is 0.786. The van der Waals surface area contributed by atoms with Crippen LogP contribution in [0.15, 0.2) is 12.2 Å². The molecule has 0 aromatic rings. The molecule has 5 aliphatic rings. The quantitative estimate of drug-likeness (QED) is 0.570. The first-order chi connectivity index (χ1) is 11.1. The van der Waals surface area contributed by atoms with Gasteiger partial charge in [-0.25, -0.2) is 0 Å². The molecule has 0 unspecified atom stereocenters. The SMILES string of the molecule is C=C1[C@H]2C[C@]34CC[C@H](C(C)C)[C@@]3(C)C(=O)[C@H](O)[C@]4(C)[C@]23O[C@@H]3[C@H]1O. The highest BCUT2D eigenvalue weighted by Gasteiger charge is 2.94. The fourth-order valence-corrected chi connectivity index (χ4v) is 8.29. The van der Waals surface area contributed by atoms with Crippen LogP contribution in [0.3, 0.4) is 0 Å². The number of rotatable bonds is 1. The first kappa shape index (κ1) is 15.5. The largest absolute Gasteiger partial charge is 0.386 e. The number of hydrogen-bond donors (Lipinski definition) is 2. The van der Waals surface area contributed by atoms with Crippen molar-refractivity contribution < 1.29 is 19.7 Å². The molecule has 0 amide bonds. The first-order valence-corrected chi connectivity index (χ1v) is 9.38. The zero-order valence-corrected chi connectivity index (χ0v) is 15.0. The minimum atomic E-state index is -1.00. The van der Waals surface area contributed by atoms with Crippen LogP contribution < -0.4 is 0 Å². The van der Waals surface area contributed by atoms with E-state index in [0.717, 1.165) is 24.8 Å². The van der Waals surface area contributed by atoms with E-state index in [-0.39, 0.29) is 23.2 Å². The van der Waals surface area contributed by atoms with Crippen molar-refractivity contribution in [3.63, 3.8) is 0 Å². The highest BCUT2D eigenvalue weighted by Crippen LogP contribution is 2.86. The summed E-state index contributed by atoms with van der Waals surface area (Å²) in [7, 11) is 0. The van der Waals surface area contributed by atoms with Crippen molar-refractivity contribution >= 4 is 5.78 Å². The average Bonchev–Trinajstić information content (AvgIpc) is 3.05. The summed E-state index contributed by atoms with van der Waals surface area (Å²) in [6.07, 6.45) is 0.868. The highest BCUT2D eigenvalue weighted by molar-refractivity contribution is 5.95. The Labute approximate surface area is 143 Å². The van der Waals surface area contributed by atoms with E-state index in [1.54, 1.807) is 0 Å². The Hall–Kier alpha value is -0.710. The lowest BCUT2D eigenvalue weighted by atomic mass is 9.55.